The fourth-order valence-electron chi connectivity index (χ4n) is 1.43. The highest BCUT2D eigenvalue weighted by Gasteiger charge is 2.29. The van der Waals surface area contributed by atoms with Crippen LogP contribution >= 0.6 is 0 Å². The largest absolute Gasteiger partial charge is 0.416 e. The molecule has 0 fully saturated rings. The van der Waals surface area contributed by atoms with E-state index in [2.05, 4.69) is 10.2 Å². The molecule has 0 atom stereocenters. The van der Waals surface area contributed by atoms with Gasteiger partial charge in [0.2, 0.25) is 0 Å². The molecular formula is C12H9F3N2O. The van der Waals surface area contributed by atoms with Crippen LogP contribution in [0.5, 0.6) is 0 Å². The lowest BCUT2D eigenvalue weighted by Crippen LogP contribution is -2.04. The SMILES string of the molecule is OCc1ccc(-c2ccc(C(F)(F)F)cc2)nn1. The first-order valence-electron chi connectivity index (χ1n) is 5.12. The smallest absolute Gasteiger partial charge is 0.390 e. The monoisotopic (exact) mass is 254 g/mol. The minimum absolute atomic E-state index is 0.222. The molecule has 1 aromatic heterocycles. The van der Waals surface area contributed by atoms with Crippen molar-refractivity contribution in [2.24, 2.45) is 0 Å². The van der Waals surface area contributed by atoms with Crippen LogP contribution in [0.1, 0.15) is 11.3 Å². The van der Waals surface area contributed by atoms with Crippen molar-refractivity contribution < 1.29 is 18.3 Å². The van der Waals surface area contributed by atoms with E-state index in [1.807, 2.05) is 0 Å². The molecule has 0 aliphatic heterocycles. The number of hydrogen-bond donors (Lipinski definition) is 1. The van der Waals surface area contributed by atoms with Gasteiger partial charge in [-0.25, -0.2) is 0 Å². The van der Waals surface area contributed by atoms with Gasteiger partial charge in [-0.05, 0) is 24.3 Å². The third-order valence-corrected chi connectivity index (χ3v) is 2.39. The maximum Gasteiger partial charge on any atom is 0.416 e. The zero-order valence-electron chi connectivity index (χ0n) is 9.15. The van der Waals surface area contributed by atoms with Gasteiger partial charge in [0.15, 0.2) is 0 Å². The Morgan fingerprint density at radius 3 is 2.06 bits per heavy atom. The molecule has 0 bridgehead atoms. The third kappa shape index (κ3) is 2.65. The number of hydrogen-bond acceptors (Lipinski definition) is 3. The number of alkyl halides is 3. The van der Waals surface area contributed by atoms with Gasteiger partial charge in [0.25, 0.3) is 0 Å². The molecule has 0 saturated carbocycles. The van der Waals surface area contributed by atoms with Gasteiger partial charge in [0.1, 0.15) is 0 Å². The van der Waals surface area contributed by atoms with Crippen molar-refractivity contribution in [2.75, 3.05) is 0 Å². The Balaban J connectivity index is 2.28. The van der Waals surface area contributed by atoms with Gasteiger partial charge in [-0.2, -0.15) is 23.4 Å². The highest BCUT2D eigenvalue weighted by molar-refractivity contribution is 5.58. The lowest BCUT2D eigenvalue weighted by Gasteiger charge is -2.07. The van der Waals surface area contributed by atoms with Crippen molar-refractivity contribution in [3.8, 4) is 11.3 Å². The summed E-state index contributed by atoms with van der Waals surface area (Å²) in [4.78, 5) is 0. The van der Waals surface area contributed by atoms with E-state index in [1.54, 1.807) is 12.1 Å². The van der Waals surface area contributed by atoms with Gasteiger partial charge in [-0.1, -0.05) is 12.1 Å². The summed E-state index contributed by atoms with van der Waals surface area (Å²) in [5, 5.41) is 16.3. The maximum absolute atomic E-state index is 12.4. The molecule has 6 heteroatoms. The number of aromatic nitrogens is 2. The molecule has 18 heavy (non-hydrogen) atoms. The predicted octanol–water partition coefficient (Wildman–Crippen LogP) is 2.65. The summed E-state index contributed by atoms with van der Waals surface area (Å²) in [5.41, 5.74) is 0.706. The van der Waals surface area contributed by atoms with Gasteiger partial charge in [0, 0.05) is 5.56 Å². The van der Waals surface area contributed by atoms with Crippen molar-refractivity contribution in [3.63, 3.8) is 0 Å². The Morgan fingerprint density at radius 1 is 0.944 bits per heavy atom. The maximum atomic E-state index is 12.4. The summed E-state index contributed by atoms with van der Waals surface area (Å²) < 4.78 is 37.1. The minimum atomic E-state index is -4.34. The lowest BCUT2D eigenvalue weighted by atomic mass is 10.1. The fraction of sp³-hybridized carbons (Fsp3) is 0.167. The Kier molecular flexibility index (Phi) is 3.29. The Morgan fingerprint density at radius 2 is 1.61 bits per heavy atom. The molecule has 0 aliphatic rings. The van der Waals surface area contributed by atoms with Crippen LogP contribution < -0.4 is 0 Å². The standard InChI is InChI=1S/C12H9F3N2O/c13-12(14,15)9-3-1-8(2-4-9)11-6-5-10(7-18)16-17-11/h1-6,18H,7H2. The van der Waals surface area contributed by atoms with E-state index in [4.69, 9.17) is 5.11 Å². The van der Waals surface area contributed by atoms with E-state index in [0.29, 0.717) is 17.0 Å². The fourth-order valence-corrected chi connectivity index (χ4v) is 1.43. The lowest BCUT2D eigenvalue weighted by molar-refractivity contribution is -0.137. The summed E-state index contributed by atoms with van der Waals surface area (Å²) in [6, 6.07) is 7.84. The van der Waals surface area contributed by atoms with Crippen LogP contribution in [0.25, 0.3) is 11.3 Å². The second-order valence-electron chi connectivity index (χ2n) is 3.64. The first-order valence-corrected chi connectivity index (χ1v) is 5.12. The van der Waals surface area contributed by atoms with Crippen molar-refractivity contribution in [1.82, 2.24) is 10.2 Å². The Bertz CT molecular complexity index is 521. The zero-order valence-corrected chi connectivity index (χ0v) is 9.15. The average molecular weight is 254 g/mol. The summed E-state index contributed by atoms with van der Waals surface area (Å²) in [6.45, 7) is -0.222. The number of aliphatic hydroxyl groups is 1. The van der Waals surface area contributed by atoms with Crippen molar-refractivity contribution >= 4 is 0 Å². The molecule has 0 saturated heterocycles. The van der Waals surface area contributed by atoms with Crippen molar-refractivity contribution in [1.29, 1.82) is 0 Å². The number of rotatable bonds is 2. The number of aliphatic hydroxyl groups excluding tert-OH is 1. The van der Waals surface area contributed by atoms with Crippen LogP contribution in [0.4, 0.5) is 13.2 Å². The van der Waals surface area contributed by atoms with Gasteiger partial charge in [-0.15, -0.1) is 0 Å². The topological polar surface area (TPSA) is 46.0 Å². The van der Waals surface area contributed by atoms with Crippen LogP contribution in [-0.2, 0) is 12.8 Å². The molecule has 2 aromatic rings. The summed E-state index contributed by atoms with van der Waals surface area (Å²) in [5.74, 6) is 0. The molecule has 1 N–H and O–H groups in total. The van der Waals surface area contributed by atoms with E-state index in [0.717, 1.165) is 12.1 Å². The van der Waals surface area contributed by atoms with Crippen LogP contribution in [0.2, 0.25) is 0 Å². The number of benzene rings is 1. The quantitative estimate of drug-likeness (QED) is 0.896. The molecule has 0 aliphatic carbocycles. The number of halogens is 3. The zero-order chi connectivity index (χ0) is 13.2. The number of nitrogens with zero attached hydrogens (tertiary/aromatic N) is 2. The van der Waals surface area contributed by atoms with Crippen molar-refractivity contribution in [3.05, 3.63) is 47.7 Å². The van der Waals surface area contributed by atoms with E-state index >= 15 is 0 Å². The first kappa shape index (κ1) is 12.5. The molecule has 1 aromatic carbocycles. The van der Waals surface area contributed by atoms with E-state index in [9.17, 15) is 13.2 Å². The molecule has 0 unspecified atom stereocenters. The van der Waals surface area contributed by atoms with Crippen molar-refractivity contribution in [2.45, 2.75) is 12.8 Å². The van der Waals surface area contributed by atoms with Crippen LogP contribution in [0.15, 0.2) is 36.4 Å². The molecule has 94 valence electrons. The molecule has 2 rings (SSSR count). The first-order chi connectivity index (χ1) is 8.50. The van der Waals surface area contributed by atoms with E-state index in [1.165, 1.54) is 12.1 Å². The summed E-state index contributed by atoms with van der Waals surface area (Å²) in [6.07, 6.45) is -4.34. The normalized spacial score (nSPS) is 11.6. The molecule has 0 spiro atoms. The third-order valence-electron chi connectivity index (χ3n) is 2.39. The summed E-state index contributed by atoms with van der Waals surface area (Å²) in [7, 11) is 0. The van der Waals surface area contributed by atoms with Crippen LogP contribution in [0, 0.1) is 0 Å². The molecular weight excluding hydrogens is 245 g/mol. The van der Waals surface area contributed by atoms with E-state index < -0.39 is 11.7 Å². The van der Waals surface area contributed by atoms with E-state index in [-0.39, 0.29) is 6.61 Å². The average Bonchev–Trinajstić information content (AvgIpc) is 2.38. The van der Waals surface area contributed by atoms with Gasteiger partial charge < -0.3 is 5.11 Å². The van der Waals surface area contributed by atoms with Crippen LogP contribution in [-0.4, -0.2) is 15.3 Å². The van der Waals surface area contributed by atoms with Gasteiger partial charge >= 0.3 is 6.18 Å². The molecule has 0 radical (unpaired) electrons. The minimum Gasteiger partial charge on any atom is -0.390 e. The van der Waals surface area contributed by atoms with Gasteiger partial charge in [-0.3, -0.25) is 0 Å². The Hall–Kier alpha value is -1.95. The second-order valence-corrected chi connectivity index (χ2v) is 3.64. The highest BCUT2D eigenvalue weighted by Crippen LogP contribution is 2.30. The molecule has 1 heterocycles. The summed E-state index contributed by atoms with van der Waals surface area (Å²) >= 11 is 0. The predicted molar refractivity (Wildman–Crippen MR) is 58.4 cm³/mol. The Labute approximate surface area is 101 Å². The molecule has 3 nitrogen and oxygen atoms in total. The molecule has 0 amide bonds. The second kappa shape index (κ2) is 4.73. The van der Waals surface area contributed by atoms with Gasteiger partial charge in [0.05, 0.1) is 23.6 Å². The van der Waals surface area contributed by atoms with Crippen LogP contribution in [0.3, 0.4) is 0 Å². The highest BCUT2D eigenvalue weighted by atomic mass is 19.4.